The summed E-state index contributed by atoms with van der Waals surface area (Å²) < 4.78 is 5.29. The van der Waals surface area contributed by atoms with Gasteiger partial charge in [0.15, 0.2) is 0 Å². The van der Waals surface area contributed by atoms with E-state index < -0.39 is 5.97 Å². The predicted octanol–water partition coefficient (Wildman–Crippen LogP) is 1.48. The van der Waals surface area contributed by atoms with Crippen LogP contribution < -0.4 is 11.1 Å². The van der Waals surface area contributed by atoms with Gasteiger partial charge >= 0.3 is 5.97 Å². The number of nitrogen functional groups attached to an aromatic ring is 1. The van der Waals surface area contributed by atoms with Crippen molar-refractivity contribution in [3.8, 4) is 0 Å². The van der Waals surface area contributed by atoms with Gasteiger partial charge in [0, 0.05) is 13.2 Å². The summed E-state index contributed by atoms with van der Waals surface area (Å²) in [6, 6.07) is 3.28. The van der Waals surface area contributed by atoms with Gasteiger partial charge in [0.2, 0.25) is 0 Å². The molecule has 0 saturated carbocycles. The summed E-state index contributed by atoms with van der Waals surface area (Å²) in [4.78, 5) is 11.0. The number of carboxylic acid groups (broad SMARTS) is 1. The first kappa shape index (κ1) is 11.7. The number of nitrogens with one attached hydrogen (secondary N) is 1. The molecular formula is C12H16N2O3. The van der Waals surface area contributed by atoms with Crippen molar-refractivity contribution in [2.75, 3.05) is 24.2 Å². The van der Waals surface area contributed by atoms with Gasteiger partial charge in [0.05, 0.1) is 23.0 Å². The van der Waals surface area contributed by atoms with Crippen molar-refractivity contribution in [3.05, 3.63) is 23.3 Å². The van der Waals surface area contributed by atoms with Crippen molar-refractivity contribution < 1.29 is 14.6 Å². The molecule has 0 spiro atoms. The van der Waals surface area contributed by atoms with Crippen LogP contribution in [0.3, 0.4) is 0 Å². The monoisotopic (exact) mass is 236 g/mol. The Bertz CT molecular complexity index is 442. The zero-order valence-electron chi connectivity index (χ0n) is 9.69. The van der Waals surface area contributed by atoms with Crippen LogP contribution in [0, 0.1) is 6.92 Å². The van der Waals surface area contributed by atoms with Gasteiger partial charge in [-0.3, -0.25) is 0 Å². The highest BCUT2D eigenvalue weighted by atomic mass is 16.5. The van der Waals surface area contributed by atoms with Gasteiger partial charge in [-0.1, -0.05) is 6.07 Å². The fraction of sp³-hybridized carbons (Fsp3) is 0.417. The minimum Gasteiger partial charge on any atom is -0.478 e. The molecule has 0 aliphatic carbocycles. The summed E-state index contributed by atoms with van der Waals surface area (Å²) in [5, 5.41) is 12.1. The Morgan fingerprint density at radius 1 is 1.65 bits per heavy atom. The van der Waals surface area contributed by atoms with Crippen molar-refractivity contribution in [2.45, 2.75) is 19.4 Å². The van der Waals surface area contributed by atoms with Crippen LogP contribution in [0.25, 0.3) is 0 Å². The molecule has 1 fully saturated rings. The predicted molar refractivity (Wildman–Crippen MR) is 65.4 cm³/mol. The third-order valence-corrected chi connectivity index (χ3v) is 2.98. The first-order valence-corrected chi connectivity index (χ1v) is 5.57. The van der Waals surface area contributed by atoms with Crippen LogP contribution in [0.2, 0.25) is 0 Å². The van der Waals surface area contributed by atoms with E-state index in [1.54, 1.807) is 6.07 Å². The molecule has 4 N–H and O–H groups in total. The first-order chi connectivity index (χ1) is 8.09. The molecule has 0 bridgehead atoms. The summed E-state index contributed by atoms with van der Waals surface area (Å²) in [7, 11) is 0. The van der Waals surface area contributed by atoms with E-state index >= 15 is 0 Å². The summed E-state index contributed by atoms with van der Waals surface area (Å²) >= 11 is 0. The van der Waals surface area contributed by atoms with Crippen LogP contribution in [0.4, 0.5) is 11.4 Å². The van der Waals surface area contributed by atoms with Gasteiger partial charge in [-0.25, -0.2) is 4.79 Å². The summed E-state index contributed by atoms with van der Waals surface area (Å²) in [5.41, 5.74) is 7.90. The topological polar surface area (TPSA) is 84.6 Å². The van der Waals surface area contributed by atoms with Gasteiger partial charge in [-0.05, 0) is 25.0 Å². The van der Waals surface area contributed by atoms with Gasteiger partial charge in [-0.15, -0.1) is 0 Å². The second-order valence-corrected chi connectivity index (χ2v) is 4.19. The molecular weight excluding hydrogens is 220 g/mol. The SMILES string of the molecule is Cc1ccc(C(=O)O)c(N)c1NC[C@@H]1CCO1. The van der Waals surface area contributed by atoms with E-state index in [0.29, 0.717) is 12.2 Å². The van der Waals surface area contributed by atoms with E-state index in [0.717, 1.165) is 18.6 Å². The number of anilines is 2. The average molecular weight is 236 g/mol. The maximum absolute atomic E-state index is 11.0. The van der Waals surface area contributed by atoms with E-state index in [1.807, 2.05) is 6.92 Å². The van der Waals surface area contributed by atoms with E-state index in [4.69, 9.17) is 15.6 Å². The number of hydrogen-bond donors (Lipinski definition) is 3. The maximum Gasteiger partial charge on any atom is 0.337 e. The summed E-state index contributed by atoms with van der Waals surface area (Å²) in [6.07, 6.45) is 1.24. The highest BCUT2D eigenvalue weighted by Crippen LogP contribution is 2.27. The molecule has 5 heteroatoms. The number of nitrogens with two attached hydrogens (primary N) is 1. The molecule has 92 valence electrons. The Morgan fingerprint density at radius 3 is 2.88 bits per heavy atom. The lowest BCUT2D eigenvalue weighted by Gasteiger charge is -2.27. The third-order valence-electron chi connectivity index (χ3n) is 2.98. The van der Waals surface area contributed by atoms with Crippen LogP contribution in [0.1, 0.15) is 22.3 Å². The molecule has 5 nitrogen and oxygen atoms in total. The Kier molecular flexibility index (Phi) is 3.19. The summed E-state index contributed by atoms with van der Waals surface area (Å²) in [5.74, 6) is -1.01. The molecule has 1 aromatic carbocycles. The Hall–Kier alpha value is -1.75. The Labute approximate surface area is 99.6 Å². The van der Waals surface area contributed by atoms with Crippen LogP contribution >= 0.6 is 0 Å². The smallest absolute Gasteiger partial charge is 0.337 e. The highest BCUT2D eigenvalue weighted by Gasteiger charge is 2.19. The lowest BCUT2D eigenvalue weighted by molar-refractivity contribution is -0.0410. The normalized spacial score (nSPS) is 18.5. The van der Waals surface area contributed by atoms with Crippen LogP contribution in [0.15, 0.2) is 12.1 Å². The zero-order valence-corrected chi connectivity index (χ0v) is 9.69. The Balaban J connectivity index is 2.18. The standard InChI is InChI=1S/C12H16N2O3/c1-7-2-3-9(12(15)16)10(13)11(7)14-6-8-4-5-17-8/h2-3,8,14H,4-6,13H2,1H3,(H,15,16)/t8-/m0/s1. The Morgan fingerprint density at radius 2 is 2.35 bits per heavy atom. The summed E-state index contributed by atoms with van der Waals surface area (Å²) in [6.45, 7) is 3.36. The first-order valence-electron chi connectivity index (χ1n) is 5.57. The molecule has 1 heterocycles. The molecule has 1 atom stereocenters. The van der Waals surface area contributed by atoms with E-state index in [-0.39, 0.29) is 17.4 Å². The van der Waals surface area contributed by atoms with Crippen molar-refractivity contribution in [1.82, 2.24) is 0 Å². The highest BCUT2D eigenvalue weighted by molar-refractivity contribution is 5.97. The van der Waals surface area contributed by atoms with E-state index in [2.05, 4.69) is 5.32 Å². The molecule has 17 heavy (non-hydrogen) atoms. The number of hydrogen-bond acceptors (Lipinski definition) is 4. The van der Waals surface area contributed by atoms with Crippen LogP contribution in [-0.2, 0) is 4.74 Å². The zero-order chi connectivity index (χ0) is 12.4. The minimum atomic E-state index is -1.01. The molecule has 0 radical (unpaired) electrons. The van der Waals surface area contributed by atoms with Gasteiger partial charge in [0.1, 0.15) is 0 Å². The number of rotatable bonds is 4. The molecule has 1 aliphatic rings. The second-order valence-electron chi connectivity index (χ2n) is 4.19. The van der Waals surface area contributed by atoms with E-state index in [1.165, 1.54) is 6.07 Å². The number of ether oxygens (including phenoxy) is 1. The maximum atomic E-state index is 11.0. The lowest BCUT2D eigenvalue weighted by atomic mass is 10.1. The van der Waals surface area contributed by atoms with Crippen molar-refractivity contribution in [1.29, 1.82) is 0 Å². The van der Waals surface area contributed by atoms with Gasteiger partial charge in [-0.2, -0.15) is 0 Å². The molecule has 2 rings (SSSR count). The lowest BCUT2D eigenvalue weighted by Crippen LogP contribution is -2.33. The van der Waals surface area contributed by atoms with Gasteiger partial charge in [0.25, 0.3) is 0 Å². The molecule has 1 aromatic rings. The van der Waals surface area contributed by atoms with Crippen molar-refractivity contribution in [2.24, 2.45) is 0 Å². The molecule has 1 saturated heterocycles. The number of carbonyl (C=O) groups is 1. The van der Waals surface area contributed by atoms with Crippen molar-refractivity contribution in [3.63, 3.8) is 0 Å². The quantitative estimate of drug-likeness (QED) is 0.689. The fourth-order valence-corrected chi connectivity index (χ4v) is 1.81. The number of aryl methyl sites for hydroxylation is 1. The second kappa shape index (κ2) is 4.63. The van der Waals surface area contributed by atoms with Gasteiger partial charge < -0.3 is 20.9 Å². The van der Waals surface area contributed by atoms with Crippen molar-refractivity contribution >= 4 is 17.3 Å². The van der Waals surface area contributed by atoms with Crippen LogP contribution in [-0.4, -0.2) is 30.3 Å². The number of benzene rings is 1. The van der Waals surface area contributed by atoms with E-state index in [9.17, 15) is 4.79 Å². The number of aromatic carboxylic acids is 1. The molecule has 1 aliphatic heterocycles. The molecule has 0 unspecified atom stereocenters. The minimum absolute atomic E-state index is 0.132. The molecule has 0 amide bonds. The average Bonchev–Trinajstić information content (AvgIpc) is 2.19. The molecule has 0 aromatic heterocycles. The third kappa shape index (κ3) is 2.34. The fourth-order valence-electron chi connectivity index (χ4n) is 1.81. The largest absolute Gasteiger partial charge is 0.478 e. The number of carboxylic acids is 1. The van der Waals surface area contributed by atoms with Crippen LogP contribution in [0.5, 0.6) is 0 Å².